The third-order valence-electron chi connectivity index (χ3n) is 2.52. The average molecular weight is 228 g/mol. The van der Waals surface area contributed by atoms with Crippen LogP contribution in [0, 0.1) is 0 Å². The number of aromatic nitrogens is 1. The molecule has 3 heteroatoms. The lowest BCUT2D eigenvalue weighted by Crippen LogP contribution is -2.22. The van der Waals surface area contributed by atoms with Crippen molar-refractivity contribution in [3.05, 3.63) is 66.0 Å². The zero-order valence-corrected chi connectivity index (χ0v) is 9.84. The molecule has 17 heavy (non-hydrogen) atoms. The van der Waals surface area contributed by atoms with E-state index in [9.17, 15) is 0 Å². The maximum absolute atomic E-state index is 5.33. The molecule has 0 fully saturated rings. The Morgan fingerprint density at radius 2 is 1.71 bits per heavy atom. The van der Waals surface area contributed by atoms with Crippen molar-refractivity contribution in [3.63, 3.8) is 0 Å². The molecular formula is C14H16N2O. The van der Waals surface area contributed by atoms with Gasteiger partial charge in [-0.1, -0.05) is 30.3 Å². The van der Waals surface area contributed by atoms with Gasteiger partial charge in [0.05, 0.1) is 12.6 Å². The van der Waals surface area contributed by atoms with Crippen LogP contribution in [0.3, 0.4) is 0 Å². The zero-order chi connectivity index (χ0) is 11.9. The van der Waals surface area contributed by atoms with Crippen molar-refractivity contribution in [3.8, 4) is 0 Å². The molecule has 3 nitrogen and oxygen atoms in total. The summed E-state index contributed by atoms with van der Waals surface area (Å²) in [6, 6.07) is 14.2. The van der Waals surface area contributed by atoms with Crippen molar-refractivity contribution in [1.29, 1.82) is 0 Å². The van der Waals surface area contributed by atoms with Gasteiger partial charge in [0.15, 0.2) is 0 Å². The second-order valence-corrected chi connectivity index (χ2v) is 3.68. The van der Waals surface area contributed by atoms with Gasteiger partial charge in [-0.25, -0.2) is 0 Å². The Morgan fingerprint density at radius 1 is 1.06 bits per heavy atom. The summed E-state index contributed by atoms with van der Waals surface area (Å²) in [5, 5.41) is 0. The van der Waals surface area contributed by atoms with Crippen molar-refractivity contribution in [2.24, 2.45) is 0 Å². The normalized spacial score (nSPS) is 12.3. The van der Waals surface area contributed by atoms with E-state index in [0.29, 0.717) is 6.61 Å². The molecule has 2 aromatic rings. The molecule has 0 amide bonds. The third-order valence-corrected chi connectivity index (χ3v) is 2.52. The highest BCUT2D eigenvalue weighted by Crippen LogP contribution is 2.20. The molecule has 2 rings (SSSR count). The quantitative estimate of drug-likeness (QED) is 0.799. The van der Waals surface area contributed by atoms with E-state index in [0.717, 1.165) is 5.56 Å². The van der Waals surface area contributed by atoms with Gasteiger partial charge in [0, 0.05) is 12.4 Å². The first-order chi connectivity index (χ1) is 8.42. The average Bonchev–Trinajstić information content (AvgIpc) is 2.42. The minimum absolute atomic E-state index is 0.0409. The number of rotatable bonds is 5. The van der Waals surface area contributed by atoms with Gasteiger partial charge in [0.2, 0.25) is 0 Å². The highest BCUT2D eigenvalue weighted by atomic mass is 16.6. The van der Waals surface area contributed by atoms with E-state index >= 15 is 0 Å². The SMILES string of the molecule is CCONC(c1ccccc1)c1ccncc1. The van der Waals surface area contributed by atoms with Crippen LogP contribution in [0.2, 0.25) is 0 Å². The predicted molar refractivity (Wildman–Crippen MR) is 67.3 cm³/mol. The molecule has 0 bridgehead atoms. The predicted octanol–water partition coefficient (Wildman–Crippen LogP) is 2.71. The fraction of sp³-hybridized carbons (Fsp3) is 0.214. The number of hydrogen-bond donors (Lipinski definition) is 1. The summed E-state index contributed by atoms with van der Waals surface area (Å²) in [5.74, 6) is 0. The molecule has 88 valence electrons. The van der Waals surface area contributed by atoms with Crippen LogP contribution < -0.4 is 5.48 Å². The molecule has 1 atom stereocenters. The number of pyridine rings is 1. The van der Waals surface area contributed by atoms with Crippen molar-refractivity contribution < 1.29 is 4.84 Å². The number of benzene rings is 1. The molecule has 1 aromatic heterocycles. The monoisotopic (exact) mass is 228 g/mol. The molecule has 1 heterocycles. The molecule has 0 saturated heterocycles. The van der Waals surface area contributed by atoms with E-state index in [1.807, 2.05) is 37.3 Å². The first kappa shape index (κ1) is 11.8. The topological polar surface area (TPSA) is 34.1 Å². The van der Waals surface area contributed by atoms with Crippen LogP contribution in [0.5, 0.6) is 0 Å². The summed E-state index contributed by atoms with van der Waals surface area (Å²) in [7, 11) is 0. The molecule has 0 saturated carbocycles. The highest BCUT2D eigenvalue weighted by Gasteiger charge is 2.12. The lowest BCUT2D eigenvalue weighted by Gasteiger charge is -2.18. The number of nitrogens with zero attached hydrogens (tertiary/aromatic N) is 1. The molecule has 0 aliphatic carbocycles. The van der Waals surface area contributed by atoms with Crippen LogP contribution >= 0.6 is 0 Å². The summed E-state index contributed by atoms with van der Waals surface area (Å²) in [5.41, 5.74) is 5.39. The van der Waals surface area contributed by atoms with Crippen LogP contribution in [-0.2, 0) is 4.84 Å². The molecule has 0 spiro atoms. The summed E-state index contributed by atoms with van der Waals surface area (Å²) >= 11 is 0. The second kappa shape index (κ2) is 6.13. The van der Waals surface area contributed by atoms with Crippen molar-refractivity contribution >= 4 is 0 Å². The Hall–Kier alpha value is -1.71. The first-order valence-electron chi connectivity index (χ1n) is 5.74. The van der Waals surface area contributed by atoms with Gasteiger partial charge in [-0.05, 0) is 30.2 Å². The standard InChI is InChI=1S/C14H16N2O/c1-2-17-16-14(12-6-4-3-5-7-12)13-8-10-15-11-9-13/h3-11,14,16H,2H2,1H3. The Balaban J connectivity index is 2.26. The molecule has 0 aliphatic heterocycles. The minimum atomic E-state index is 0.0409. The number of hydrogen-bond acceptors (Lipinski definition) is 3. The van der Waals surface area contributed by atoms with Crippen LogP contribution in [-0.4, -0.2) is 11.6 Å². The van der Waals surface area contributed by atoms with Gasteiger partial charge in [-0.2, -0.15) is 5.48 Å². The highest BCUT2D eigenvalue weighted by molar-refractivity contribution is 5.29. The molecule has 0 aliphatic rings. The molecular weight excluding hydrogens is 212 g/mol. The van der Waals surface area contributed by atoms with E-state index < -0.39 is 0 Å². The van der Waals surface area contributed by atoms with Crippen molar-refractivity contribution in [2.75, 3.05) is 6.61 Å². The lowest BCUT2D eigenvalue weighted by atomic mass is 10.0. The molecule has 1 unspecified atom stereocenters. The van der Waals surface area contributed by atoms with Gasteiger partial charge in [-0.3, -0.25) is 4.98 Å². The van der Waals surface area contributed by atoms with Crippen LogP contribution in [0.15, 0.2) is 54.9 Å². The smallest absolute Gasteiger partial charge is 0.0822 e. The van der Waals surface area contributed by atoms with E-state index in [1.54, 1.807) is 12.4 Å². The largest absolute Gasteiger partial charge is 0.301 e. The van der Waals surface area contributed by atoms with Gasteiger partial charge < -0.3 is 4.84 Å². The zero-order valence-electron chi connectivity index (χ0n) is 9.84. The maximum Gasteiger partial charge on any atom is 0.0822 e. The van der Waals surface area contributed by atoms with E-state index in [-0.39, 0.29) is 6.04 Å². The minimum Gasteiger partial charge on any atom is -0.301 e. The Morgan fingerprint density at radius 3 is 2.35 bits per heavy atom. The second-order valence-electron chi connectivity index (χ2n) is 3.68. The lowest BCUT2D eigenvalue weighted by molar-refractivity contribution is 0.0334. The summed E-state index contributed by atoms with van der Waals surface area (Å²) < 4.78 is 0. The number of nitrogens with one attached hydrogen (secondary N) is 1. The Kier molecular flexibility index (Phi) is 4.24. The fourth-order valence-electron chi connectivity index (χ4n) is 1.70. The van der Waals surface area contributed by atoms with E-state index in [4.69, 9.17) is 4.84 Å². The van der Waals surface area contributed by atoms with Gasteiger partial charge in [0.25, 0.3) is 0 Å². The van der Waals surface area contributed by atoms with Gasteiger partial charge in [-0.15, -0.1) is 0 Å². The van der Waals surface area contributed by atoms with E-state index in [2.05, 4.69) is 22.6 Å². The summed E-state index contributed by atoms with van der Waals surface area (Å²) in [4.78, 5) is 9.37. The van der Waals surface area contributed by atoms with Crippen molar-refractivity contribution in [1.82, 2.24) is 10.5 Å². The fourth-order valence-corrected chi connectivity index (χ4v) is 1.70. The summed E-state index contributed by atoms with van der Waals surface area (Å²) in [6.07, 6.45) is 3.58. The number of hydroxylamine groups is 1. The summed E-state index contributed by atoms with van der Waals surface area (Å²) in [6.45, 7) is 2.59. The van der Waals surface area contributed by atoms with Gasteiger partial charge >= 0.3 is 0 Å². The third kappa shape index (κ3) is 3.12. The molecule has 0 radical (unpaired) electrons. The van der Waals surface area contributed by atoms with Crippen LogP contribution in [0.25, 0.3) is 0 Å². The van der Waals surface area contributed by atoms with E-state index in [1.165, 1.54) is 5.56 Å². The van der Waals surface area contributed by atoms with Crippen LogP contribution in [0.4, 0.5) is 0 Å². The van der Waals surface area contributed by atoms with Crippen LogP contribution in [0.1, 0.15) is 24.1 Å². The first-order valence-corrected chi connectivity index (χ1v) is 5.74. The van der Waals surface area contributed by atoms with Crippen molar-refractivity contribution in [2.45, 2.75) is 13.0 Å². The Bertz CT molecular complexity index is 391. The molecule has 1 N–H and O–H groups in total. The molecule has 1 aromatic carbocycles. The Labute approximate surface area is 101 Å². The van der Waals surface area contributed by atoms with Gasteiger partial charge in [0.1, 0.15) is 0 Å². The maximum atomic E-state index is 5.33.